The molecule has 1 atom stereocenters. The molecule has 0 bridgehead atoms. The highest BCUT2D eigenvalue weighted by Crippen LogP contribution is 2.12. The Kier molecular flexibility index (Phi) is 5.97. The van der Waals surface area contributed by atoms with E-state index in [-0.39, 0.29) is 0 Å². The molecule has 0 spiro atoms. The van der Waals surface area contributed by atoms with Crippen LogP contribution in [0.1, 0.15) is 12.5 Å². The number of ether oxygens (including phenoxy) is 1. The fraction of sp³-hybridized carbons (Fsp3) is 0.538. The Hall–Kier alpha value is -1.10. The summed E-state index contributed by atoms with van der Waals surface area (Å²) in [6.45, 7) is 2.90. The number of hydrogen-bond donors (Lipinski definition) is 2. The Bertz CT molecular complexity index is 312. The van der Waals surface area contributed by atoms with E-state index in [0.29, 0.717) is 13.2 Å². The van der Waals surface area contributed by atoms with Crippen LogP contribution in [0.4, 0.5) is 0 Å². The predicted octanol–water partition coefficient (Wildman–Crippen LogP) is 1.05. The topological polar surface area (TPSA) is 44.7 Å². The van der Waals surface area contributed by atoms with Gasteiger partial charge >= 0.3 is 0 Å². The predicted molar refractivity (Wildman–Crippen MR) is 69.0 cm³/mol. The molecule has 0 amide bonds. The summed E-state index contributed by atoms with van der Waals surface area (Å²) in [5, 5.41) is 11.5. The van der Waals surface area contributed by atoms with Gasteiger partial charge in [0.25, 0.3) is 0 Å². The number of aliphatic hydroxyl groups excluding tert-OH is 1. The van der Waals surface area contributed by atoms with Crippen LogP contribution in [0.5, 0.6) is 5.75 Å². The van der Waals surface area contributed by atoms with Crippen molar-refractivity contribution in [1.29, 1.82) is 0 Å². The maximum atomic E-state index is 9.65. The molecule has 0 aliphatic carbocycles. The van der Waals surface area contributed by atoms with Crippen molar-refractivity contribution in [3.8, 4) is 5.75 Å². The molecular formula is C13H22N2O2. The molecule has 4 heteroatoms. The Balaban J connectivity index is 2.29. The third-order valence-corrected chi connectivity index (χ3v) is 2.42. The molecule has 0 heterocycles. The quantitative estimate of drug-likeness (QED) is 0.697. The van der Waals surface area contributed by atoms with E-state index in [0.717, 1.165) is 12.2 Å². The summed E-state index contributed by atoms with van der Waals surface area (Å²) in [4.78, 5) is 0. The van der Waals surface area contributed by atoms with Crippen LogP contribution in [0.3, 0.4) is 0 Å². The van der Waals surface area contributed by atoms with Crippen molar-refractivity contribution >= 4 is 0 Å². The largest absolute Gasteiger partial charge is 0.491 e. The minimum absolute atomic E-state index is 0.298. The van der Waals surface area contributed by atoms with Crippen LogP contribution in [0.15, 0.2) is 24.3 Å². The molecule has 96 valence electrons. The van der Waals surface area contributed by atoms with Crippen molar-refractivity contribution in [2.45, 2.75) is 19.4 Å². The SMILES string of the molecule is CCc1ccc(OCC(O)CNN(C)C)cc1. The molecule has 0 radical (unpaired) electrons. The van der Waals surface area contributed by atoms with Crippen LogP contribution in [-0.4, -0.2) is 43.5 Å². The maximum absolute atomic E-state index is 9.65. The summed E-state index contributed by atoms with van der Waals surface area (Å²) in [5.41, 5.74) is 4.29. The molecule has 1 aromatic rings. The molecule has 2 N–H and O–H groups in total. The minimum Gasteiger partial charge on any atom is -0.491 e. The first-order valence-corrected chi connectivity index (χ1v) is 5.92. The smallest absolute Gasteiger partial charge is 0.119 e. The molecule has 1 rings (SSSR count). The molecule has 0 fully saturated rings. The standard InChI is InChI=1S/C13H22N2O2/c1-4-11-5-7-13(8-6-11)17-10-12(16)9-14-15(2)3/h5-8,12,14,16H,4,9-10H2,1-3H3. The Morgan fingerprint density at radius 3 is 2.47 bits per heavy atom. The highest BCUT2D eigenvalue weighted by atomic mass is 16.5. The van der Waals surface area contributed by atoms with Gasteiger partial charge in [0, 0.05) is 20.6 Å². The minimum atomic E-state index is -0.511. The molecular weight excluding hydrogens is 216 g/mol. The summed E-state index contributed by atoms with van der Waals surface area (Å²) in [6.07, 6.45) is 0.513. The van der Waals surface area contributed by atoms with E-state index in [4.69, 9.17) is 4.74 Å². The Morgan fingerprint density at radius 1 is 1.29 bits per heavy atom. The van der Waals surface area contributed by atoms with Crippen molar-refractivity contribution in [3.63, 3.8) is 0 Å². The van der Waals surface area contributed by atoms with E-state index >= 15 is 0 Å². The Labute approximate surface area is 103 Å². The van der Waals surface area contributed by atoms with Gasteiger partial charge in [-0.25, -0.2) is 0 Å². The Morgan fingerprint density at radius 2 is 1.94 bits per heavy atom. The highest BCUT2D eigenvalue weighted by Gasteiger charge is 2.05. The first-order valence-electron chi connectivity index (χ1n) is 5.92. The second-order valence-corrected chi connectivity index (χ2v) is 4.22. The fourth-order valence-electron chi connectivity index (χ4n) is 1.36. The summed E-state index contributed by atoms with van der Waals surface area (Å²) in [5.74, 6) is 0.797. The van der Waals surface area contributed by atoms with Gasteiger partial charge < -0.3 is 9.84 Å². The van der Waals surface area contributed by atoms with Gasteiger partial charge in [-0.2, -0.15) is 0 Å². The lowest BCUT2D eigenvalue weighted by molar-refractivity contribution is 0.0884. The van der Waals surface area contributed by atoms with Gasteiger partial charge in [0.15, 0.2) is 0 Å². The fourth-order valence-corrected chi connectivity index (χ4v) is 1.36. The van der Waals surface area contributed by atoms with E-state index in [1.54, 1.807) is 5.01 Å². The highest BCUT2D eigenvalue weighted by molar-refractivity contribution is 5.27. The molecule has 0 saturated heterocycles. The van der Waals surface area contributed by atoms with Crippen molar-refractivity contribution in [3.05, 3.63) is 29.8 Å². The lowest BCUT2D eigenvalue weighted by atomic mass is 10.2. The van der Waals surface area contributed by atoms with Crippen molar-refractivity contribution in [2.75, 3.05) is 27.2 Å². The number of aliphatic hydroxyl groups is 1. The molecule has 0 aliphatic heterocycles. The molecule has 0 aliphatic rings. The third-order valence-electron chi connectivity index (χ3n) is 2.42. The van der Waals surface area contributed by atoms with E-state index in [2.05, 4.69) is 12.3 Å². The number of benzene rings is 1. The van der Waals surface area contributed by atoms with Crippen molar-refractivity contribution in [1.82, 2.24) is 10.4 Å². The number of aryl methyl sites for hydroxylation is 1. The first-order chi connectivity index (χ1) is 8.11. The number of nitrogens with zero attached hydrogens (tertiary/aromatic N) is 1. The number of rotatable bonds is 7. The molecule has 4 nitrogen and oxygen atoms in total. The van der Waals surface area contributed by atoms with Crippen LogP contribution >= 0.6 is 0 Å². The summed E-state index contributed by atoms with van der Waals surface area (Å²) in [7, 11) is 3.77. The average Bonchev–Trinajstić information content (AvgIpc) is 2.34. The zero-order valence-corrected chi connectivity index (χ0v) is 10.8. The zero-order valence-electron chi connectivity index (χ0n) is 10.8. The third kappa shape index (κ3) is 5.68. The van der Waals surface area contributed by atoms with Crippen LogP contribution in [-0.2, 0) is 6.42 Å². The first kappa shape index (κ1) is 14.0. The summed E-state index contributed by atoms with van der Waals surface area (Å²) < 4.78 is 5.49. The van der Waals surface area contributed by atoms with E-state index in [9.17, 15) is 5.11 Å². The van der Waals surface area contributed by atoms with E-state index < -0.39 is 6.10 Å². The van der Waals surface area contributed by atoms with Gasteiger partial charge in [-0.15, -0.1) is 0 Å². The van der Waals surface area contributed by atoms with Gasteiger partial charge in [0.05, 0.1) is 0 Å². The van der Waals surface area contributed by atoms with Gasteiger partial charge in [0.1, 0.15) is 18.5 Å². The van der Waals surface area contributed by atoms with Crippen LogP contribution in [0.2, 0.25) is 0 Å². The second kappa shape index (κ2) is 7.27. The van der Waals surface area contributed by atoms with Gasteiger partial charge in [-0.1, -0.05) is 19.1 Å². The lowest BCUT2D eigenvalue weighted by Crippen LogP contribution is -2.39. The van der Waals surface area contributed by atoms with Crippen LogP contribution in [0, 0.1) is 0 Å². The lowest BCUT2D eigenvalue weighted by Gasteiger charge is -2.16. The molecule has 17 heavy (non-hydrogen) atoms. The van der Waals surface area contributed by atoms with Crippen LogP contribution < -0.4 is 10.2 Å². The molecule has 0 aromatic heterocycles. The molecule has 1 aromatic carbocycles. The molecule has 0 saturated carbocycles. The van der Waals surface area contributed by atoms with Gasteiger partial charge in [-0.3, -0.25) is 10.4 Å². The summed E-state index contributed by atoms with van der Waals surface area (Å²) in [6, 6.07) is 7.95. The van der Waals surface area contributed by atoms with E-state index in [1.165, 1.54) is 5.56 Å². The maximum Gasteiger partial charge on any atom is 0.119 e. The zero-order chi connectivity index (χ0) is 12.7. The monoisotopic (exact) mass is 238 g/mol. The van der Waals surface area contributed by atoms with Crippen molar-refractivity contribution in [2.24, 2.45) is 0 Å². The summed E-state index contributed by atoms with van der Waals surface area (Å²) >= 11 is 0. The molecule has 1 unspecified atom stereocenters. The van der Waals surface area contributed by atoms with Gasteiger partial charge in [-0.05, 0) is 24.1 Å². The number of hydrogen-bond acceptors (Lipinski definition) is 4. The second-order valence-electron chi connectivity index (χ2n) is 4.22. The average molecular weight is 238 g/mol. The van der Waals surface area contributed by atoms with Crippen LogP contribution in [0.25, 0.3) is 0 Å². The number of hydrazine groups is 1. The van der Waals surface area contributed by atoms with Gasteiger partial charge in [0.2, 0.25) is 0 Å². The van der Waals surface area contributed by atoms with E-state index in [1.807, 2.05) is 38.4 Å². The number of nitrogens with one attached hydrogen (secondary N) is 1. The van der Waals surface area contributed by atoms with Crippen molar-refractivity contribution < 1.29 is 9.84 Å². The normalized spacial score (nSPS) is 12.8.